The average Bonchev–Trinajstić information content (AvgIpc) is 3.13. The van der Waals surface area contributed by atoms with Crippen molar-refractivity contribution in [3.05, 3.63) is 100 Å². The Morgan fingerprint density at radius 1 is 0.929 bits per heavy atom. The summed E-state index contributed by atoms with van der Waals surface area (Å²) in [6, 6.07) is 23.0. The number of rotatable bonds is 6. The van der Waals surface area contributed by atoms with Crippen molar-refractivity contribution in [2.75, 3.05) is 0 Å². The van der Waals surface area contributed by atoms with E-state index in [-0.39, 0.29) is 5.91 Å². The van der Waals surface area contributed by atoms with Crippen molar-refractivity contribution in [2.24, 2.45) is 0 Å². The summed E-state index contributed by atoms with van der Waals surface area (Å²) < 4.78 is 5.85. The molecule has 0 saturated heterocycles. The van der Waals surface area contributed by atoms with Crippen LogP contribution in [-0.4, -0.2) is 10.9 Å². The van der Waals surface area contributed by atoms with E-state index in [9.17, 15) is 4.79 Å². The Hall–Kier alpha value is -3.11. The Morgan fingerprint density at radius 3 is 2.57 bits per heavy atom. The molecule has 0 aliphatic rings. The molecule has 0 spiro atoms. The fraction of sp³-hybridized carbons (Fsp3) is 0.130. The summed E-state index contributed by atoms with van der Waals surface area (Å²) in [7, 11) is 0. The van der Waals surface area contributed by atoms with Gasteiger partial charge in [-0.1, -0.05) is 54.1 Å². The van der Waals surface area contributed by atoms with E-state index in [0.717, 1.165) is 23.9 Å². The summed E-state index contributed by atoms with van der Waals surface area (Å²) in [6.07, 6.45) is 1.58. The maximum absolute atomic E-state index is 12.5. The molecule has 4 rings (SSSR count). The molecule has 0 bridgehead atoms. The number of nitrogens with zero attached hydrogens (tertiary/aromatic N) is 1. The summed E-state index contributed by atoms with van der Waals surface area (Å²) in [6.45, 7) is 0.413. The first-order valence-corrected chi connectivity index (χ1v) is 9.51. The zero-order valence-electron chi connectivity index (χ0n) is 15.2. The Labute approximate surface area is 168 Å². The summed E-state index contributed by atoms with van der Waals surface area (Å²) in [4.78, 5) is 17.0. The van der Waals surface area contributed by atoms with Gasteiger partial charge < -0.3 is 9.73 Å². The SMILES string of the molecule is O=C(NCc1cccc(Cl)c1)c1ccc2nc(CCc3ccccc3)oc2c1. The lowest BCUT2D eigenvalue weighted by atomic mass is 10.1. The predicted molar refractivity (Wildman–Crippen MR) is 110 cm³/mol. The van der Waals surface area contributed by atoms with Gasteiger partial charge in [-0.2, -0.15) is 0 Å². The zero-order chi connectivity index (χ0) is 19.3. The third-order valence-corrected chi connectivity index (χ3v) is 4.74. The zero-order valence-corrected chi connectivity index (χ0v) is 15.9. The van der Waals surface area contributed by atoms with Gasteiger partial charge in [0.05, 0.1) is 0 Å². The van der Waals surface area contributed by atoms with Gasteiger partial charge in [-0.05, 0) is 47.9 Å². The van der Waals surface area contributed by atoms with Crippen molar-refractivity contribution in [1.29, 1.82) is 0 Å². The van der Waals surface area contributed by atoms with Gasteiger partial charge >= 0.3 is 0 Å². The molecule has 5 heteroatoms. The van der Waals surface area contributed by atoms with Crippen LogP contribution in [0.25, 0.3) is 11.1 Å². The maximum atomic E-state index is 12.5. The monoisotopic (exact) mass is 390 g/mol. The fourth-order valence-electron chi connectivity index (χ4n) is 3.05. The molecule has 0 radical (unpaired) electrons. The molecule has 0 saturated carbocycles. The van der Waals surface area contributed by atoms with Crippen molar-refractivity contribution in [3.8, 4) is 0 Å². The number of hydrogen-bond acceptors (Lipinski definition) is 3. The first-order chi connectivity index (χ1) is 13.7. The third-order valence-electron chi connectivity index (χ3n) is 4.51. The molecule has 0 unspecified atom stereocenters. The van der Waals surface area contributed by atoms with Gasteiger partial charge in [-0.15, -0.1) is 0 Å². The highest BCUT2D eigenvalue weighted by Crippen LogP contribution is 2.19. The van der Waals surface area contributed by atoms with E-state index in [1.54, 1.807) is 18.2 Å². The fourth-order valence-corrected chi connectivity index (χ4v) is 3.26. The number of hydrogen-bond donors (Lipinski definition) is 1. The Morgan fingerprint density at radius 2 is 1.75 bits per heavy atom. The molecular formula is C23H19ClN2O2. The first-order valence-electron chi connectivity index (χ1n) is 9.13. The lowest BCUT2D eigenvalue weighted by molar-refractivity contribution is 0.0951. The van der Waals surface area contributed by atoms with Gasteiger partial charge in [0.2, 0.25) is 0 Å². The molecule has 0 atom stereocenters. The number of aromatic nitrogens is 1. The van der Waals surface area contributed by atoms with Gasteiger partial charge in [0, 0.05) is 23.6 Å². The van der Waals surface area contributed by atoms with Crippen LogP contribution in [0.15, 0.2) is 77.2 Å². The van der Waals surface area contributed by atoms with E-state index in [1.165, 1.54) is 5.56 Å². The minimum Gasteiger partial charge on any atom is -0.441 e. The molecular weight excluding hydrogens is 372 g/mol. The predicted octanol–water partition coefficient (Wildman–Crippen LogP) is 5.20. The standard InChI is InChI=1S/C23H19ClN2O2/c24-19-8-4-7-17(13-19)15-25-23(27)18-10-11-20-21(14-18)28-22(26-20)12-9-16-5-2-1-3-6-16/h1-8,10-11,13-14H,9,12,15H2,(H,25,27). The highest BCUT2D eigenvalue weighted by Gasteiger charge is 2.11. The van der Waals surface area contributed by atoms with Crippen LogP contribution in [0.5, 0.6) is 0 Å². The van der Waals surface area contributed by atoms with Gasteiger partial charge in [0.25, 0.3) is 5.91 Å². The van der Waals surface area contributed by atoms with Crippen LogP contribution >= 0.6 is 11.6 Å². The molecule has 0 aliphatic carbocycles. The van der Waals surface area contributed by atoms with Gasteiger partial charge in [-0.3, -0.25) is 4.79 Å². The van der Waals surface area contributed by atoms with E-state index >= 15 is 0 Å². The van der Waals surface area contributed by atoms with Crippen LogP contribution in [0.4, 0.5) is 0 Å². The number of carbonyl (C=O) groups is 1. The number of benzene rings is 3. The summed E-state index contributed by atoms with van der Waals surface area (Å²) >= 11 is 5.98. The molecule has 28 heavy (non-hydrogen) atoms. The Bertz CT molecular complexity index is 1110. The van der Waals surface area contributed by atoms with E-state index in [1.807, 2.05) is 42.5 Å². The van der Waals surface area contributed by atoms with Gasteiger partial charge in [0.1, 0.15) is 5.52 Å². The van der Waals surface area contributed by atoms with Crippen LogP contribution in [-0.2, 0) is 19.4 Å². The molecule has 0 aliphatic heterocycles. The van der Waals surface area contributed by atoms with E-state index in [2.05, 4.69) is 22.4 Å². The lowest BCUT2D eigenvalue weighted by Crippen LogP contribution is -2.22. The molecule has 140 valence electrons. The smallest absolute Gasteiger partial charge is 0.251 e. The molecule has 1 heterocycles. The second-order valence-corrected chi connectivity index (χ2v) is 7.02. The Balaban J connectivity index is 1.42. The van der Waals surface area contributed by atoms with E-state index in [4.69, 9.17) is 16.0 Å². The highest BCUT2D eigenvalue weighted by molar-refractivity contribution is 6.30. The number of amides is 1. The number of carbonyl (C=O) groups excluding carboxylic acids is 1. The number of aryl methyl sites for hydroxylation is 2. The van der Waals surface area contributed by atoms with E-state index in [0.29, 0.717) is 28.6 Å². The van der Waals surface area contributed by atoms with Crippen LogP contribution in [0.1, 0.15) is 27.4 Å². The molecule has 1 N–H and O–H groups in total. The van der Waals surface area contributed by atoms with Gasteiger partial charge in [-0.25, -0.2) is 4.98 Å². The van der Waals surface area contributed by atoms with Crippen molar-refractivity contribution in [3.63, 3.8) is 0 Å². The van der Waals surface area contributed by atoms with Crippen LogP contribution in [0.2, 0.25) is 5.02 Å². The largest absolute Gasteiger partial charge is 0.441 e. The third kappa shape index (κ3) is 4.41. The van der Waals surface area contributed by atoms with Crippen molar-refractivity contribution >= 4 is 28.6 Å². The van der Waals surface area contributed by atoms with Crippen molar-refractivity contribution in [1.82, 2.24) is 10.3 Å². The highest BCUT2D eigenvalue weighted by atomic mass is 35.5. The van der Waals surface area contributed by atoms with E-state index < -0.39 is 0 Å². The molecule has 0 fully saturated rings. The van der Waals surface area contributed by atoms with Crippen LogP contribution < -0.4 is 5.32 Å². The minimum absolute atomic E-state index is 0.163. The molecule has 1 aromatic heterocycles. The van der Waals surface area contributed by atoms with Crippen LogP contribution in [0.3, 0.4) is 0 Å². The molecule has 1 amide bonds. The maximum Gasteiger partial charge on any atom is 0.251 e. The molecule has 3 aromatic carbocycles. The van der Waals surface area contributed by atoms with Crippen LogP contribution in [0, 0.1) is 0 Å². The quantitative estimate of drug-likeness (QED) is 0.492. The number of halogens is 1. The van der Waals surface area contributed by atoms with Crippen molar-refractivity contribution in [2.45, 2.75) is 19.4 Å². The second-order valence-electron chi connectivity index (χ2n) is 6.59. The lowest BCUT2D eigenvalue weighted by Gasteiger charge is -2.05. The molecule has 4 nitrogen and oxygen atoms in total. The average molecular weight is 391 g/mol. The summed E-state index contributed by atoms with van der Waals surface area (Å²) in [5.41, 5.74) is 4.11. The minimum atomic E-state index is -0.163. The van der Waals surface area contributed by atoms with Crippen molar-refractivity contribution < 1.29 is 9.21 Å². The number of fused-ring (bicyclic) bond motifs is 1. The first kappa shape index (κ1) is 18.3. The van der Waals surface area contributed by atoms with Gasteiger partial charge in [0.15, 0.2) is 11.5 Å². The topological polar surface area (TPSA) is 55.1 Å². The normalized spacial score (nSPS) is 10.9. The summed E-state index contributed by atoms with van der Waals surface area (Å²) in [5, 5.41) is 3.55. The molecule has 4 aromatic rings. The summed E-state index contributed by atoms with van der Waals surface area (Å²) in [5.74, 6) is 0.513. The Kier molecular flexibility index (Phi) is 5.40. The number of oxazole rings is 1. The number of nitrogens with one attached hydrogen (secondary N) is 1. The second kappa shape index (κ2) is 8.28.